The number of carboxylic acids is 1. The Hall–Kier alpha value is -1.73. The number of nitrogens with zero attached hydrogens (tertiary/aromatic N) is 1. The van der Waals surface area contributed by atoms with Crippen LogP contribution >= 0.6 is 22.7 Å². The summed E-state index contributed by atoms with van der Waals surface area (Å²) in [5.41, 5.74) is 0.742. The van der Waals surface area contributed by atoms with Gasteiger partial charge in [0.25, 0.3) is 0 Å². The van der Waals surface area contributed by atoms with Crippen molar-refractivity contribution in [2.45, 2.75) is 32.2 Å². The fraction of sp³-hybridized carbons (Fsp3) is 0.357. The van der Waals surface area contributed by atoms with Crippen LogP contribution in [0.2, 0.25) is 0 Å². The Kier molecular flexibility index (Phi) is 5.46. The molecule has 1 amide bonds. The molecule has 2 aromatic heterocycles. The summed E-state index contributed by atoms with van der Waals surface area (Å²) in [6.45, 7) is 1.80. The quantitative estimate of drug-likeness (QED) is 0.821. The highest BCUT2D eigenvalue weighted by Crippen LogP contribution is 2.27. The number of carboxylic acid groups (broad SMARTS) is 1. The van der Waals surface area contributed by atoms with Crippen LogP contribution in [0.1, 0.15) is 25.5 Å². The number of carbonyl (C=O) groups is 2. The molecule has 1 unspecified atom stereocenters. The Bertz CT molecular complexity index is 608. The summed E-state index contributed by atoms with van der Waals surface area (Å²) in [6.07, 6.45) is 0.707. The fourth-order valence-corrected chi connectivity index (χ4v) is 3.44. The Morgan fingerprint density at radius 3 is 2.90 bits per heavy atom. The second kappa shape index (κ2) is 7.33. The van der Waals surface area contributed by atoms with Gasteiger partial charge >= 0.3 is 5.97 Å². The minimum atomic E-state index is -0.851. The Balaban J connectivity index is 1.84. The molecule has 2 heterocycles. The van der Waals surface area contributed by atoms with Gasteiger partial charge in [-0.2, -0.15) is 0 Å². The van der Waals surface area contributed by atoms with Crippen molar-refractivity contribution in [2.75, 3.05) is 0 Å². The van der Waals surface area contributed by atoms with E-state index in [0.717, 1.165) is 15.6 Å². The molecule has 7 heteroatoms. The maximum absolute atomic E-state index is 11.9. The molecule has 2 N–H and O–H groups in total. The monoisotopic (exact) mass is 324 g/mol. The van der Waals surface area contributed by atoms with E-state index in [9.17, 15) is 9.59 Å². The van der Waals surface area contributed by atoms with Gasteiger partial charge in [-0.25, -0.2) is 4.98 Å². The number of carbonyl (C=O) groups excluding carboxylic acids is 1. The molecular formula is C14H16N2O3S2. The second-order valence-electron chi connectivity index (χ2n) is 4.70. The number of hydrogen-bond donors (Lipinski definition) is 2. The lowest BCUT2D eigenvalue weighted by molar-refractivity contribution is -0.137. The van der Waals surface area contributed by atoms with Gasteiger partial charge in [0.05, 0.1) is 17.0 Å². The zero-order valence-electron chi connectivity index (χ0n) is 11.5. The molecule has 1 atom stereocenters. The average Bonchev–Trinajstić information content (AvgIpc) is 3.06. The molecule has 0 aliphatic carbocycles. The van der Waals surface area contributed by atoms with Crippen LogP contribution in [0.15, 0.2) is 22.9 Å². The van der Waals surface area contributed by atoms with Gasteiger partial charge in [-0.05, 0) is 24.8 Å². The maximum Gasteiger partial charge on any atom is 0.303 e. The van der Waals surface area contributed by atoms with Crippen molar-refractivity contribution in [1.29, 1.82) is 0 Å². The molecule has 0 aliphatic rings. The van der Waals surface area contributed by atoms with Crippen LogP contribution in [0.25, 0.3) is 9.88 Å². The molecule has 0 fully saturated rings. The molecule has 0 aromatic carbocycles. The van der Waals surface area contributed by atoms with E-state index in [2.05, 4.69) is 10.3 Å². The van der Waals surface area contributed by atoms with Gasteiger partial charge in [0.1, 0.15) is 5.01 Å². The van der Waals surface area contributed by atoms with E-state index in [-0.39, 0.29) is 24.8 Å². The molecule has 0 aliphatic heterocycles. The molecule has 21 heavy (non-hydrogen) atoms. The number of thiazole rings is 1. The van der Waals surface area contributed by atoms with Gasteiger partial charge < -0.3 is 10.4 Å². The highest BCUT2D eigenvalue weighted by Gasteiger charge is 2.12. The van der Waals surface area contributed by atoms with Gasteiger partial charge in [0, 0.05) is 17.8 Å². The third kappa shape index (κ3) is 4.95. The predicted molar refractivity (Wildman–Crippen MR) is 83.6 cm³/mol. The third-order valence-electron chi connectivity index (χ3n) is 2.82. The van der Waals surface area contributed by atoms with E-state index in [1.807, 2.05) is 22.9 Å². The number of hydrogen-bond acceptors (Lipinski definition) is 5. The number of aliphatic carboxylic acids is 1. The van der Waals surface area contributed by atoms with E-state index >= 15 is 0 Å². The van der Waals surface area contributed by atoms with E-state index < -0.39 is 5.97 Å². The largest absolute Gasteiger partial charge is 0.481 e. The summed E-state index contributed by atoms with van der Waals surface area (Å²) in [7, 11) is 0. The first-order valence-corrected chi connectivity index (χ1v) is 8.30. The lowest BCUT2D eigenvalue weighted by atomic mass is 10.2. The van der Waals surface area contributed by atoms with Gasteiger partial charge in [-0.3, -0.25) is 9.59 Å². The van der Waals surface area contributed by atoms with Crippen LogP contribution in [0.5, 0.6) is 0 Å². The highest BCUT2D eigenvalue weighted by atomic mass is 32.1. The molecule has 2 rings (SSSR count). The number of aromatic nitrogens is 1. The summed E-state index contributed by atoms with van der Waals surface area (Å²) < 4.78 is 0. The summed E-state index contributed by atoms with van der Waals surface area (Å²) in [4.78, 5) is 27.9. The van der Waals surface area contributed by atoms with E-state index in [1.165, 1.54) is 11.3 Å². The van der Waals surface area contributed by atoms with Crippen molar-refractivity contribution in [1.82, 2.24) is 10.3 Å². The first kappa shape index (κ1) is 15.7. The molecule has 0 saturated carbocycles. The van der Waals surface area contributed by atoms with Crippen LogP contribution in [0.3, 0.4) is 0 Å². The van der Waals surface area contributed by atoms with Crippen LogP contribution in [-0.2, 0) is 16.0 Å². The van der Waals surface area contributed by atoms with Crippen molar-refractivity contribution in [3.8, 4) is 9.88 Å². The zero-order valence-corrected chi connectivity index (χ0v) is 13.2. The molecule has 0 radical (unpaired) electrons. The number of rotatable bonds is 7. The van der Waals surface area contributed by atoms with Crippen molar-refractivity contribution >= 4 is 34.6 Å². The third-order valence-corrected chi connectivity index (χ3v) is 4.75. The maximum atomic E-state index is 11.9. The SMILES string of the molecule is CC(CCC(=O)O)NC(=O)Cc1csc(-c2cccs2)n1. The van der Waals surface area contributed by atoms with E-state index in [1.54, 1.807) is 18.3 Å². The summed E-state index contributed by atoms with van der Waals surface area (Å²) >= 11 is 3.14. The molecule has 112 valence electrons. The second-order valence-corrected chi connectivity index (χ2v) is 6.50. The molecule has 0 spiro atoms. The van der Waals surface area contributed by atoms with E-state index in [0.29, 0.717) is 6.42 Å². The summed E-state index contributed by atoms with van der Waals surface area (Å²) in [6, 6.07) is 3.82. The highest BCUT2D eigenvalue weighted by molar-refractivity contribution is 7.20. The van der Waals surface area contributed by atoms with E-state index in [4.69, 9.17) is 5.11 Å². The van der Waals surface area contributed by atoms with Gasteiger partial charge in [-0.15, -0.1) is 22.7 Å². The van der Waals surface area contributed by atoms with Gasteiger partial charge in [0.2, 0.25) is 5.91 Å². The Labute approximate surface area is 130 Å². The first-order valence-electron chi connectivity index (χ1n) is 6.54. The van der Waals surface area contributed by atoms with Crippen LogP contribution in [-0.4, -0.2) is 28.0 Å². The zero-order chi connectivity index (χ0) is 15.2. The Morgan fingerprint density at radius 1 is 1.43 bits per heavy atom. The molecular weight excluding hydrogens is 308 g/mol. The number of amides is 1. The molecule has 5 nitrogen and oxygen atoms in total. The van der Waals surface area contributed by atoms with Gasteiger partial charge in [0.15, 0.2) is 0 Å². The minimum absolute atomic E-state index is 0.0562. The predicted octanol–water partition coefficient (Wildman–Crippen LogP) is 2.78. The summed E-state index contributed by atoms with van der Waals surface area (Å²) in [5, 5.41) is 16.2. The van der Waals surface area contributed by atoms with Crippen molar-refractivity contribution in [3.05, 3.63) is 28.6 Å². The van der Waals surface area contributed by atoms with Crippen molar-refractivity contribution < 1.29 is 14.7 Å². The van der Waals surface area contributed by atoms with Crippen LogP contribution < -0.4 is 5.32 Å². The number of nitrogens with one attached hydrogen (secondary N) is 1. The average molecular weight is 324 g/mol. The van der Waals surface area contributed by atoms with Crippen LogP contribution in [0.4, 0.5) is 0 Å². The van der Waals surface area contributed by atoms with Crippen molar-refractivity contribution in [2.24, 2.45) is 0 Å². The standard InChI is InChI=1S/C14H16N2O3S2/c1-9(4-5-13(18)19)15-12(17)7-10-8-21-14(16-10)11-3-2-6-20-11/h2-3,6,8-9H,4-5,7H2,1H3,(H,15,17)(H,18,19). The van der Waals surface area contributed by atoms with Crippen molar-refractivity contribution in [3.63, 3.8) is 0 Å². The lowest BCUT2D eigenvalue weighted by Crippen LogP contribution is -2.34. The molecule has 0 saturated heterocycles. The smallest absolute Gasteiger partial charge is 0.303 e. The summed E-state index contributed by atoms with van der Waals surface area (Å²) in [5.74, 6) is -0.980. The molecule has 2 aromatic rings. The topological polar surface area (TPSA) is 79.3 Å². The normalized spacial score (nSPS) is 12.0. The van der Waals surface area contributed by atoms with Crippen LogP contribution in [0, 0.1) is 0 Å². The number of thiophene rings is 1. The Morgan fingerprint density at radius 2 is 2.24 bits per heavy atom. The minimum Gasteiger partial charge on any atom is -0.481 e. The first-order chi connectivity index (χ1) is 10.0. The fourth-order valence-electron chi connectivity index (χ4n) is 1.80. The van der Waals surface area contributed by atoms with Gasteiger partial charge in [-0.1, -0.05) is 6.07 Å². The lowest BCUT2D eigenvalue weighted by Gasteiger charge is -2.11. The molecule has 0 bridgehead atoms.